The van der Waals surface area contributed by atoms with Crippen LogP contribution in [0.5, 0.6) is 0 Å². The largest absolute Gasteiger partial charge is 0.368 e. The first-order valence-electron chi connectivity index (χ1n) is 7.30. The molecule has 8 heteroatoms. The van der Waals surface area contributed by atoms with E-state index in [2.05, 4.69) is 25.6 Å². The summed E-state index contributed by atoms with van der Waals surface area (Å²) in [7, 11) is 0. The van der Waals surface area contributed by atoms with Gasteiger partial charge in [0.15, 0.2) is 0 Å². The van der Waals surface area contributed by atoms with E-state index in [1.165, 1.54) is 0 Å². The minimum absolute atomic E-state index is 0.0719. The maximum Gasteiger partial charge on any atom is 0.237 e. The van der Waals surface area contributed by atoms with Crippen molar-refractivity contribution in [1.29, 1.82) is 0 Å². The van der Waals surface area contributed by atoms with Gasteiger partial charge in [-0.25, -0.2) is 4.98 Å². The van der Waals surface area contributed by atoms with Crippen LogP contribution in [0.1, 0.15) is 0 Å². The lowest BCUT2D eigenvalue weighted by atomic mass is 10.1. The fraction of sp³-hybridized carbons (Fsp3) is 0.0625. The van der Waals surface area contributed by atoms with Gasteiger partial charge in [-0.3, -0.25) is 4.79 Å². The van der Waals surface area contributed by atoms with Gasteiger partial charge in [0.1, 0.15) is 12.4 Å². The molecule has 2 heterocycles. The quantitative estimate of drug-likeness (QED) is 0.589. The second kappa shape index (κ2) is 5.58. The highest BCUT2D eigenvalue weighted by Gasteiger charge is 2.14. The minimum atomic E-state index is -0.414. The number of tetrazole rings is 1. The zero-order valence-corrected chi connectivity index (χ0v) is 12.5. The molecule has 1 amide bonds. The molecule has 0 saturated heterocycles. The molecule has 24 heavy (non-hydrogen) atoms. The second-order valence-electron chi connectivity index (χ2n) is 5.29. The number of primary amides is 1. The molecule has 0 fully saturated rings. The maximum atomic E-state index is 11.5. The van der Waals surface area contributed by atoms with Crippen molar-refractivity contribution in [2.24, 2.45) is 5.73 Å². The van der Waals surface area contributed by atoms with Gasteiger partial charge in [-0.05, 0) is 17.3 Å². The summed E-state index contributed by atoms with van der Waals surface area (Å²) < 4.78 is 1.82. The standard InChI is InChI=1S/C16H13N7O/c17-14(24)9-23-13-4-2-1-3-12(13)18-16(23)11-7-5-10(6-8-11)15-19-21-22-20-15/h1-8H,9H2,(H2,17,24)(H,19,20,21,22). The summed E-state index contributed by atoms with van der Waals surface area (Å²) in [6, 6.07) is 15.2. The van der Waals surface area contributed by atoms with Crippen LogP contribution in [0.4, 0.5) is 0 Å². The summed E-state index contributed by atoms with van der Waals surface area (Å²) >= 11 is 0. The summed E-state index contributed by atoms with van der Waals surface area (Å²) in [5, 5.41) is 13.9. The van der Waals surface area contributed by atoms with Crippen molar-refractivity contribution in [3.63, 3.8) is 0 Å². The van der Waals surface area contributed by atoms with Crippen molar-refractivity contribution in [3.05, 3.63) is 48.5 Å². The SMILES string of the molecule is NC(=O)Cn1c(-c2ccc(-c3nn[nH]n3)cc2)nc2ccccc21. The molecular formula is C16H13N7O. The molecule has 0 aliphatic heterocycles. The van der Waals surface area contributed by atoms with Gasteiger partial charge in [0.25, 0.3) is 0 Å². The predicted octanol–water partition coefficient (Wildman–Crippen LogP) is 1.37. The molecule has 0 unspecified atom stereocenters. The number of benzene rings is 2. The van der Waals surface area contributed by atoms with Gasteiger partial charge in [0, 0.05) is 11.1 Å². The number of amides is 1. The van der Waals surface area contributed by atoms with E-state index in [9.17, 15) is 4.79 Å². The number of carbonyl (C=O) groups is 1. The number of carbonyl (C=O) groups excluding carboxylic acids is 1. The first-order valence-corrected chi connectivity index (χ1v) is 7.30. The van der Waals surface area contributed by atoms with Gasteiger partial charge in [-0.15, -0.1) is 10.2 Å². The Morgan fingerprint density at radius 2 is 1.83 bits per heavy atom. The Hall–Kier alpha value is -3.55. The summed E-state index contributed by atoms with van der Waals surface area (Å²) in [4.78, 5) is 16.1. The van der Waals surface area contributed by atoms with E-state index >= 15 is 0 Å². The second-order valence-corrected chi connectivity index (χ2v) is 5.29. The van der Waals surface area contributed by atoms with Crippen LogP contribution in [-0.2, 0) is 11.3 Å². The lowest BCUT2D eigenvalue weighted by Crippen LogP contribution is -2.19. The van der Waals surface area contributed by atoms with E-state index in [0.29, 0.717) is 11.6 Å². The number of aromatic nitrogens is 6. The lowest BCUT2D eigenvalue weighted by Gasteiger charge is -2.07. The Morgan fingerprint density at radius 1 is 1.08 bits per heavy atom. The third kappa shape index (κ3) is 2.39. The third-order valence-corrected chi connectivity index (χ3v) is 3.72. The van der Waals surface area contributed by atoms with Crippen molar-refractivity contribution in [2.75, 3.05) is 0 Å². The number of hydrogen-bond donors (Lipinski definition) is 2. The number of aromatic amines is 1. The highest BCUT2D eigenvalue weighted by Crippen LogP contribution is 2.26. The molecular weight excluding hydrogens is 306 g/mol. The van der Waals surface area contributed by atoms with Crippen molar-refractivity contribution in [3.8, 4) is 22.8 Å². The van der Waals surface area contributed by atoms with E-state index in [0.717, 1.165) is 22.2 Å². The van der Waals surface area contributed by atoms with Crippen molar-refractivity contribution in [2.45, 2.75) is 6.54 Å². The molecule has 0 radical (unpaired) electrons. The molecule has 0 aliphatic rings. The normalized spacial score (nSPS) is 11.0. The van der Waals surface area contributed by atoms with Gasteiger partial charge in [0.05, 0.1) is 11.0 Å². The van der Waals surface area contributed by atoms with Gasteiger partial charge < -0.3 is 10.3 Å². The number of hydrogen-bond acceptors (Lipinski definition) is 5. The molecule has 0 atom stereocenters. The molecule has 118 valence electrons. The zero-order valence-electron chi connectivity index (χ0n) is 12.5. The molecule has 2 aromatic heterocycles. The van der Waals surface area contributed by atoms with Gasteiger partial charge in [0.2, 0.25) is 11.7 Å². The smallest absolute Gasteiger partial charge is 0.237 e. The van der Waals surface area contributed by atoms with Crippen LogP contribution in [-0.4, -0.2) is 36.1 Å². The van der Waals surface area contributed by atoms with Crippen LogP contribution >= 0.6 is 0 Å². The molecule has 8 nitrogen and oxygen atoms in total. The molecule has 0 saturated carbocycles. The van der Waals surface area contributed by atoms with E-state index in [1.54, 1.807) is 0 Å². The van der Waals surface area contributed by atoms with Crippen molar-refractivity contribution in [1.82, 2.24) is 30.2 Å². The highest BCUT2D eigenvalue weighted by atomic mass is 16.1. The maximum absolute atomic E-state index is 11.5. The van der Waals surface area contributed by atoms with Crippen LogP contribution in [0.25, 0.3) is 33.8 Å². The molecule has 3 N–H and O–H groups in total. The topological polar surface area (TPSA) is 115 Å². The Balaban J connectivity index is 1.82. The number of rotatable bonds is 4. The monoisotopic (exact) mass is 319 g/mol. The van der Waals surface area contributed by atoms with Crippen LogP contribution in [0.2, 0.25) is 0 Å². The van der Waals surface area contributed by atoms with Gasteiger partial charge in [-0.2, -0.15) is 5.21 Å². The molecule has 2 aromatic carbocycles. The van der Waals surface area contributed by atoms with Crippen LogP contribution in [0.3, 0.4) is 0 Å². The van der Waals surface area contributed by atoms with Gasteiger partial charge in [-0.1, -0.05) is 36.4 Å². The predicted molar refractivity (Wildman–Crippen MR) is 87.5 cm³/mol. The van der Waals surface area contributed by atoms with E-state index in [4.69, 9.17) is 5.73 Å². The van der Waals surface area contributed by atoms with E-state index in [1.807, 2.05) is 53.1 Å². The number of imidazole rings is 1. The number of fused-ring (bicyclic) bond motifs is 1. The third-order valence-electron chi connectivity index (χ3n) is 3.72. The number of nitrogens with zero attached hydrogens (tertiary/aromatic N) is 5. The average molecular weight is 319 g/mol. The summed E-state index contributed by atoms with van der Waals surface area (Å²) in [6.45, 7) is 0.0719. The Morgan fingerprint density at radius 3 is 2.54 bits per heavy atom. The number of nitrogens with two attached hydrogens (primary N) is 1. The lowest BCUT2D eigenvalue weighted by molar-refractivity contribution is -0.118. The van der Waals surface area contributed by atoms with Crippen LogP contribution < -0.4 is 5.73 Å². The van der Waals surface area contributed by atoms with Gasteiger partial charge >= 0.3 is 0 Å². The molecule has 0 bridgehead atoms. The Kier molecular flexibility index (Phi) is 3.27. The van der Waals surface area contributed by atoms with E-state index < -0.39 is 5.91 Å². The van der Waals surface area contributed by atoms with Crippen molar-refractivity contribution >= 4 is 16.9 Å². The molecule has 0 spiro atoms. The fourth-order valence-electron chi connectivity index (χ4n) is 2.66. The summed E-state index contributed by atoms with van der Waals surface area (Å²) in [5.74, 6) is 0.796. The van der Waals surface area contributed by atoms with E-state index in [-0.39, 0.29) is 6.54 Å². The summed E-state index contributed by atoms with van der Waals surface area (Å²) in [5.41, 5.74) is 8.79. The van der Waals surface area contributed by atoms with Crippen LogP contribution in [0.15, 0.2) is 48.5 Å². The zero-order chi connectivity index (χ0) is 16.5. The van der Waals surface area contributed by atoms with Crippen molar-refractivity contribution < 1.29 is 4.79 Å². The number of H-pyrrole nitrogens is 1. The molecule has 0 aliphatic carbocycles. The molecule has 4 aromatic rings. The Bertz CT molecular complexity index is 1000. The Labute approximate surface area is 136 Å². The highest BCUT2D eigenvalue weighted by molar-refractivity contribution is 5.84. The average Bonchev–Trinajstić information content (AvgIpc) is 3.23. The van der Waals surface area contributed by atoms with Crippen LogP contribution in [0, 0.1) is 0 Å². The minimum Gasteiger partial charge on any atom is -0.368 e. The number of para-hydroxylation sites is 2. The first kappa shape index (κ1) is 14.1. The fourth-order valence-corrected chi connectivity index (χ4v) is 2.66. The summed E-state index contributed by atoms with van der Waals surface area (Å²) in [6.07, 6.45) is 0. The number of nitrogens with one attached hydrogen (secondary N) is 1. The first-order chi connectivity index (χ1) is 11.7. The molecule has 4 rings (SSSR count).